The smallest absolute Gasteiger partial charge is 0.349 e. The van der Waals surface area contributed by atoms with Crippen molar-refractivity contribution < 1.29 is 28.7 Å². The van der Waals surface area contributed by atoms with Crippen molar-refractivity contribution in [1.29, 1.82) is 0 Å². The molecule has 0 aliphatic carbocycles. The lowest BCUT2D eigenvalue weighted by molar-refractivity contribution is -0.961. The molecule has 4 atom stereocenters. The van der Waals surface area contributed by atoms with Gasteiger partial charge in [-0.25, -0.2) is 4.79 Å². The van der Waals surface area contributed by atoms with Gasteiger partial charge in [0.05, 0.1) is 40.4 Å². The zero-order valence-electron chi connectivity index (χ0n) is 22.0. The first-order valence-corrected chi connectivity index (χ1v) is 16.0. The minimum Gasteiger partial charge on any atom is -0.466 e. The number of hydrogen-bond donors (Lipinski definition) is 1. The van der Waals surface area contributed by atoms with Crippen LogP contribution in [0.4, 0.5) is 0 Å². The summed E-state index contributed by atoms with van der Waals surface area (Å²) in [6, 6.07) is 12.6. The Bertz CT molecular complexity index is 1170. The first-order chi connectivity index (χ1) is 18.3. The largest absolute Gasteiger partial charge is 0.466 e. The molecule has 1 N–H and O–H groups in total. The van der Waals surface area contributed by atoms with E-state index in [9.17, 15) is 14.7 Å². The minimum atomic E-state index is -1.75. The molecule has 3 aromatic rings. The van der Waals surface area contributed by atoms with Gasteiger partial charge in [0.2, 0.25) is 5.60 Å². The summed E-state index contributed by atoms with van der Waals surface area (Å²) in [6.45, 7) is 3.25. The van der Waals surface area contributed by atoms with E-state index in [-0.39, 0.29) is 12.1 Å². The second kappa shape index (κ2) is 11.6. The Morgan fingerprint density at radius 1 is 1.03 bits per heavy atom. The van der Waals surface area contributed by atoms with E-state index in [1.165, 1.54) is 32.4 Å². The predicted octanol–water partition coefficient (Wildman–Crippen LogP) is 5.88. The number of hydrogen-bond acceptors (Lipinski definition) is 8. The van der Waals surface area contributed by atoms with E-state index in [1.54, 1.807) is 12.1 Å². The Morgan fingerprint density at radius 2 is 1.66 bits per heavy atom. The summed E-state index contributed by atoms with van der Waals surface area (Å²) in [4.78, 5) is 29.0. The van der Waals surface area contributed by atoms with E-state index < -0.39 is 11.6 Å². The molecule has 2 unspecified atom stereocenters. The maximum atomic E-state index is 13.5. The van der Waals surface area contributed by atoms with Crippen LogP contribution in [0.3, 0.4) is 0 Å². The molecule has 3 aromatic heterocycles. The van der Waals surface area contributed by atoms with Crippen molar-refractivity contribution in [3.63, 3.8) is 0 Å². The lowest BCUT2D eigenvalue weighted by Gasteiger charge is -2.46. The molecule has 6 nitrogen and oxygen atoms in total. The highest BCUT2D eigenvalue weighted by molar-refractivity contribution is 7.12. The summed E-state index contributed by atoms with van der Waals surface area (Å²) in [5, 5.41) is 15.4. The van der Waals surface area contributed by atoms with Crippen LogP contribution in [0.1, 0.15) is 65.0 Å². The van der Waals surface area contributed by atoms with Gasteiger partial charge in [0.1, 0.15) is 12.6 Å². The van der Waals surface area contributed by atoms with Crippen LogP contribution in [-0.2, 0) is 37.6 Å². The number of aryl methyl sites for hydroxylation is 1. The third-order valence-corrected chi connectivity index (χ3v) is 11.3. The van der Waals surface area contributed by atoms with Crippen molar-refractivity contribution in [3.05, 3.63) is 66.7 Å². The Balaban J connectivity index is 1.21. The van der Waals surface area contributed by atoms with E-state index in [4.69, 9.17) is 9.47 Å². The minimum absolute atomic E-state index is 0.119. The molecule has 2 fully saturated rings. The van der Waals surface area contributed by atoms with Gasteiger partial charge in [0, 0.05) is 37.0 Å². The monoisotopic (exact) mass is 574 g/mol. The summed E-state index contributed by atoms with van der Waals surface area (Å²) in [7, 11) is 2.36. The number of rotatable bonds is 11. The molecular weight excluding hydrogens is 539 g/mol. The van der Waals surface area contributed by atoms with Gasteiger partial charge >= 0.3 is 11.9 Å². The van der Waals surface area contributed by atoms with Gasteiger partial charge in [0.25, 0.3) is 0 Å². The SMILES string of the molecule is CCOC(=O)CCCc1ccc(C[N+]2(C)[C@@H]3CC[C@H]2CC(OC(=O)C(O)(c2cccs2)c2cccs2)C3)s1. The second-order valence-electron chi connectivity index (χ2n) is 10.6. The number of piperidine rings is 1. The number of esters is 2. The Labute approximate surface area is 236 Å². The number of carbonyl (C=O) groups excluding carboxylic acids is 2. The summed E-state index contributed by atoms with van der Waals surface area (Å²) < 4.78 is 12.1. The van der Waals surface area contributed by atoms with E-state index in [2.05, 4.69) is 19.2 Å². The molecule has 0 amide bonds. The highest BCUT2D eigenvalue weighted by Gasteiger charge is 2.54. The topological polar surface area (TPSA) is 72.8 Å². The predicted molar refractivity (Wildman–Crippen MR) is 151 cm³/mol. The zero-order chi connectivity index (χ0) is 26.8. The molecule has 9 heteroatoms. The fourth-order valence-electron chi connectivity index (χ4n) is 6.19. The van der Waals surface area contributed by atoms with Crippen LogP contribution in [0.2, 0.25) is 0 Å². The lowest BCUT2D eigenvalue weighted by atomic mass is 9.95. The molecule has 5 heterocycles. The van der Waals surface area contributed by atoms with Gasteiger partial charge in [-0.2, -0.15) is 0 Å². The van der Waals surface area contributed by atoms with Crippen LogP contribution in [-0.4, -0.2) is 53.4 Å². The van der Waals surface area contributed by atoms with Crippen LogP contribution in [0, 0.1) is 0 Å². The molecule has 38 heavy (non-hydrogen) atoms. The van der Waals surface area contributed by atoms with Crippen molar-refractivity contribution in [1.82, 2.24) is 0 Å². The fraction of sp³-hybridized carbons (Fsp3) is 0.517. The summed E-state index contributed by atoms with van der Waals surface area (Å²) in [6.07, 6.45) is 5.90. The molecule has 5 rings (SSSR count). The highest BCUT2D eigenvalue weighted by atomic mass is 32.1. The van der Waals surface area contributed by atoms with Gasteiger partial charge in [0.15, 0.2) is 0 Å². The van der Waals surface area contributed by atoms with Gasteiger partial charge in [-0.05, 0) is 54.8 Å². The molecule has 0 saturated carbocycles. The van der Waals surface area contributed by atoms with Crippen LogP contribution >= 0.6 is 34.0 Å². The second-order valence-corrected chi connectivity index (χ2v) is 13.7. The average Bonchev–Trinajstić information content (AvgIpc) is 3.69. The van der Waals surface area contributed by atoms with E-state index in [1.807, 2.05) is 41.2 Å². The number of thiophene rings is 3. The third kappa shape index (κ3) is 5.49. The Hall–Kier alpha value is -2.04. The van der Waals surface area contributed by atoms with Crippen molar-refractivity contribution in [2.45, 2.75) is 82.2 Å². The standard InChI is InChI=1S/C29H36NO5S3/c1-3-34-27(31)10-4-7-23-13-14-24(38-23)19-30(2)20-11-12-21(30)18-22(17-20)35-28(32)29(33,25-8-5-15-36-25)26-9-6-16-37-26/h5-6,8-9,13-16,20-22,33H,3-4,7,10-12,17-19H2,1-2H3/q+1/t20-,21+,22?,30?. The number of fused-ring (bicyclic) bond motifs is 2. The zero-order valence-corrected chi connectivity index (χ0v) is 24.4. The molecule has 2 saturated heterocycles. The van der Waals surface area contributed by atoms with Crippen LogP contribution < -0.4 is 0 Å². The highest BCUT2D eigenvalue weighted by Crippen LogP contribution is 2.45. The molecule has 0 radical (unpaired) electrons. The molecule has 2 aliphatic rings. The molecule has 204 valence electrons. The molecule has 0 aromatic carbocycles. The third-order valence-electron chi connectivity index (χ3n) is 8.22. The summed E-state index contributed by atoms with van der Waals surface area (Å²) in [5.74, 6) is -0.680. The van der Waals surface area contributed by atoms with Crippen molar-refractivity contribution in [2.24, 2.45) is 0 Å². The Kier molecular flexibility index (Phi) is 8.40. The van der Waals surface area contributed by atoms with Gasteiger partial charge in [-0.3, -0.25) is 4.79 Å². The molecule has 2 bridgehead atoms. The first kappa shape index (κ1) is 27.5. The number of carbonyl (C=O) groups is 2. The summed E-state index contributed by atoms with van der Waals surface area (Å²) >= 11 is 4.60. The van der Waals surface area contributed by atoms with E-state index >= 15 is 0 Å². The van der Waals surface area contributed by atoms with Gasteiger partial charge < -0.3 is 19.1 Å². The number of aliphatic hydroxyl groups is 1. The summed E-state index contributed by atoms with van der Waals surface area (Å²) in [5.41, 5.74) is -1.75. The van der Waals surface area contributed by atoms with Crippen LogP contribution in [0.5, 0.6) is 0 Å². The molecule has 0 spiro atoms. The van der Waals surface area contributed by atoms with Crippen LogP contribution in [0.25, 0.3) is 0 Å². The van der Waals surface area contributed by atoms with Crippen LogP contribution in [0.15, 0.2) is 47.2 Å². The number of nitrogens with zero attached hydrogens (tertiary/aromatic N) is 1. The van der Waals surface area contributed by atoms with Crippen molar-refractivity contribution >= 4 is 45.9 Å². The Morgan fingerprint density at radius 3 is 2.24 bits per heavy atom. The van der Waals surface area contributed by atoms with E-state index in [0.717, 1.165) is 49.6 Å². The maximum Gasteiger partial charge on any atom is 0.349 e. The van der Waals surface area contributed by atoms with Gasteiger partial charge in [-0.1, -0.05) is 12.1 Å². The molecule has 2 aliphatic heterocycles. The first-order valence-electron chi connectivity index (χ1n) is 13.4. The van der Waals surface area contributed by atoms with Gasteiger partial charge in [-0.15, -0.1) is 34.0 Å². The fourth-order valence-corrected chi connectivity index (χ4v) is 9.11. The number of quaternary nitrogens is 1. The quantitative estimate of drug-likeness (QED) is 0.229. The number of ether oxygens (including phenoxy) is 2. The van der Waals surface area contributed by atoms with Crippen molar-refractivity contribution in [3.8, 4) is 0 Å². The normalized spacial score (nSPS) is 24.9. The lowest BCUT2D eigenvalue weighted by Crippen LogP contribution is -2.58. The average molecular weight is 575 g/mol. The maximum absolute atomic E-state index is 13.5. The van der Waals surface area contributed by atoms with Crippen molar-refractivity contribution in [2.75, 3.05) is 13.7 Å². The molecular formula is C29H36NO5S3+. The van der Waals surface area contributed by atoms with E-state index in [0.29, 0.717) is 34.9 Å².